The number of carbonyl (C=O) groups is 1. The van der Waals surface area contributed by atoms with E-state index in [9.17, 15) is 18.8 Å². The van der Waals surface area contributed by atoms with E-state index >= 15 is 0 Å². The summed E-state index contributed by atoms with van der Waals surface area (Å²) < 4.78 is 40.3. The van der Waals surface area contributed by atoms with Crippen molar-refractivity contribution in [2.45, 2.75) is 51.0 Å². The molecule has 1 amide bonds. The summed E-state index contributed by atoms with van der Waals surface area (Å²) in [6.07, 6.45) is 3.51. The first kappa shape index (κ1) is 28.3. The van der Waals surface area contributed by atoms with Crippen LogP contribution in [0.4, 0.5) is 4.39 Å². The van der Waals surface area contributed by atoms with Gasteiger partial charge >= 0.3 is 5.69 Å². The van der Waals surface area contributed by atoms with Gasteiger partial charge in [0.2, 0.25) is 11.8 Å². The van der Waals surface area contributed by atoms with E-state index in [0.29, 0.717) is 76.9 Å². The minimum Gasteiger partial charge on any atom is -0.496 e. The van der Waals surface area contributed by atoms with Crippen LogP contribution in [0.15, 0.2) is 44.7 Å². The van der Waals surface area contributed by atoms with Crippen LogP contribution in [-0.2, 0) is 20.8 Å². The van der Waals surface area contributed by atoms with Gasteiger partial charge in [0.25, 0.3) is 5.56 Å². The monoisotopic (exact) mass is 598 g/mol. The van der Waals surface area contributed by atoms with Gasteiger partial charge in [-0.15, -0.1) is 11.3 Å². The molecule has 2 aliphatic rings. The lowest BCUT2D eigenvalue weighted by Gasteiger charge is -2.29. The van der Waals surface area contributed by atoms with Gasteiger partial charge in [-0.3, -0.25) is 14.2 Å². The molecule has 11 nitrogen and oxygen atoms in total. The van der Waals surface area contributed by atoms with Crippen molar-refractivity contribution >= 4 is 27.5 Å². The predicted octanol–water partition coefficient (Wildman–Crippen LogP) is 3.68. The second-order valence-electron chi connectivity index (χ2n) is 10.5. The largest absolute Gasteiger partial charge is 0.496 e. The molecule has 222 valence electrons. The quantitative estimate of drug-likeness (QED) is 0.302. The standard InChI is InChI=1S/C29H31FN4O7S/c1-16-23-27(36)34(20-6-10-32(2)26(20)35)29(37)33(28(23)42-24(16)25-31-9-13-40-25)15-22(41-18-7-11-39-12-8-18)19-14-17(30)4-5-21(19)38-3/h4-5,9,13-14,18,20,22H,6-8,10-12,15H2,1-3H3/t20?,22-/m0/s1. The number of fused-ring (bicyclic) bond motifs is 1. The lowest BCUT2D eigenvalue weighted by Crippen LogP contribution is -2.45. The van der Waals surface area contributed by atoms with Crippen LogP contribution in [0.3, 0.4) is 0 Å². The van der Waals surface area contributed by atoms with Gasteiger partial charge in [-0.1, -0.05) is 0 Å². The Morgan fingerprint density at radius 1 is 1.19 bits per heavy atom. The number of likely N-dealkylation sites (N-methyl/N-ethyl adjacent to an activating group) is 1. The van der Waals surface area contributed by atoms with E-state index in [1.54, 1.807) is 14.0 Å². The van der Waals surface area contributed by atoms with E-state index in [-0.39, 0.29) is 18.6 Å². The first-order valence-corrected chi connectivity index (χ1v) is 14.6. The molecular formula is C29H31FN4O7S. The van der Waals surface area contributed by atoms with Gasteiger partial charge in [-0.05, 0) is 49.9 Å². The molecular weight excluding hydrogens is 567 g/mol. The minimum atomic E-state index is -0.936. The van der Waals surface area contributed by atoms with Crippen LogP contribution in [0.1, 0.15) is 42.5 Å². The lowest BCUT2D eigenvalue weighted by molar-refractivity contribution is -0.129. The lowest BCUT2D eigenvalue weighted by atomic mass is 10.1. The third kappa shape index (κ3) is 4.95. The molecule has 0 radical (unpaired) electrons. The van der Waals surface area contributed by atoms with Crippen molar-refractivity contribution in [1.82, 2.24) is 19.0 Å². The number of nitrogens with zero attached hydrogens (tertiary/aromatic N) is 4. The van der Waals surface area contributed by atoms with Gasteiger partial charge in [0, 0.05) is 32.4 Å². The van der Waals surface area contributed by atoms with E-state index in [1.807, 2.05) is 0 Å². The highest BCUT2D eigenvalue weighted by Crippen LogP contribution is 2.38. The molecule has 0 bridgehead atoms. The van der Waals surface area contributed by atoms with Crippen molar-refractivity contribution in [1.29, 1.82) is 0 Å². The van der Waals surface area contributed by atoms with Gasteiger partial charge in [0.15, 0.2) is 0 Å². The predicted molar refractivity (Wildman–Crippen MR) is 152 cm³/mol. The number of oxazole rings is 1. The summed E-state index contributed by atoms with van der Waals surface area (Å²) >= 11 is 1.20. The van der Waals surface area contributed by atoms with Gasteiger partial charge < -0.3 is 23.5 Å². The summed E-state index contributed by atoms with van der Waals surface area (Å²) in [4.78, 5) is 48.1. The third-order valence-electron chi connectivity index (χ3n) is 7.99. The Hall–Kier alpha value is -3.81. The number of aryl methyl sites for hydroxylation is 1. The summed E-state index contributed by atoms with van der Waals surface area (Å²) in [7, 11) is 3.13. The van der Waals surface area contributed by atoms with Crippen LogP contribution < -0.4 is 16.0 Å². The number of thiophene rings is 1. The Bertz CT molecular complexity index is 1740. The highest BCUT2D eigenvalue weighted by atomic mass is 32.1. The van der Waals surface area contributed by atoms with Crippen LogP contribution in [0.25, 0.3) is 21.0 Å². The van der Waals surface area contributed by atoms with Crippen LogP contribution in [0.2, 0.25) is 0 Å². The maximum Gasteiger partial charge on any atom is 0.332 e. The maximum absolute atomic E-state index is 14.6. The van der Waals surface area contributed by atoms with E-state index in [1.165, 1.54) is 58.6 Å². The topological polar surface area (TPSA) is 118 Å². The van der Waals surface area contributed by atoms with Crippen molar-refractivity contribution in [2.24, 2.45) is 0 Å². The van der Waals surface area contributed by atoms with Crippen LogP contribution in [-0.4, -0.2) is 64.9 Å². The number of aromatic nitrogens is 3. The zero-order valence-corrected chi connectivity index (χ0v) is 24.3. The molecule has 2 aliphatic heterocycles. The number of carbonyl (C=O) groups excluding carboxylic acids is 1. The average molecular weight is 599 g/mol. The number of ether oxygens (including phenoxy) is 3. The highest BCUT2D eigenvalue weighted by molar-refractivity contribution is 7.22. The van der Waals surface area contributed by atoms with Crippen molar-refractivity contribution in [3.05, 3.63) is 68.4 Å². The summed E-state index contributed by atoms with van der Waals surface area (Å²) in [5.74, 6) is -0.0621. The van der Waals surface area contributed by atoms with E-state index in [0.717, 1.165) is 4.57 Å². The molecule has 13 heteroatoms. The summed E-state index contributed by atoms with van der Waals surface area (Å²) in [5, 5.41) is 0.297. The maximum atomic E-state index is 14.6. The second kappa shape index (κ2) is 11.5. The molecule has 2 atom stereocenters. The number of hydrogen-bond donors (Lipinski definition) is 0. The first-order valence-electron chi connectivity index (χ1n) is 13.8. The highest BCUT2D eigenvalue weighted by Gasteiger charge is 2.36. The number of methoxy groups -OCH3 is 1. The Balaban J connectivity index is 1.57. The Kier molecular flexibility index (Phi) is 7.73. The number of hydrogen-bond acceptors (Lipinski definition) is 9. The van der Waals surface area contributed by atoms with E-state index < -0.39 is 29.2 Å². The smallest absolute Gasteiger partial charge is 0.332 e. The fourth-order valence-corrected chi connectivity index (χ4v) is 7.01. The van der Waals surface area contributed by atoms with Crippen molar-refractivity contribution in [3.8, 4) is 16.5 Å². The van der Waals surface area contributed by atoms with Crippen LogP contribution in [0, 0.1) is 12.7 Å². The summed E-state index contributed by atoms with van der Waals surface area (Å²) in [6, 6.07) is 3.22. The van der Waals surface area contributed by atoms with Crippen LogP contribution in [0.5, 0.6) is 5.75 Å². The van der Waals surface area contributed by atoms with Crippen molar-refractivity contribution in [2.75, 3.05) is 33.9 Å². The molecule has 4 aromatic rings. The fourth-order valence-electron chi connectivity index (χ4n) is 5.77. The molecule has 0 spiro atoms. The van der Waals surface area contributed by atoms with Crippen LogP contribution >= 0.6 is 11.3 Å². The zero-order chi connectivity index (χ0) is 29.5. The number of rotatable bonds is 8. The van der Waals surface area contributed by atoms with Gasteiger partial charge in [0.05, 0.1) is 36.2 Å². The van der Waals surface area contributed by atoms with E-state index in [2.05, 4.69) is 4.98 Å². The Labute approximate surface area is 244 Å². The molecule has 6 rings (SSSR count). The number of halogens is 1. The molecule has 1 aromatic carbocycles. The summed E-state index contributed by atoms with van der Waals surface area (Å²) in [6.45, 7) is 3.18. The molecule has 0 saturated carbocycles. The van der Waals surface area contributed by atoms with Crippen molar-refractivity contribution in [3.63, 3.8) is 0 Å². The van der Waals surface area contributed by atoms with E-state index in [4.69, 9.17) is 18.6 Å². The zero-order valence-electron chi connectivity index (χ0n) is 23.5. The second-order valence-corrected chi connectivity index (χ2v) is 11.5. The molecule has 5 heterocycles. The van der Waals surface area contributed by atoms with Crippen molar-refractivity contribution < 1.29 is 27.8 Å². The molecule has 0 N–H and O–H groups in total. The SMILES string of the molecule is COc1ccc(F)cc1[C@H](Cn1c(=O)n(C2CCN(C)C2=O)c(=O)c2c(C)c(-c3ncco3)sc21)OC1CCOCC1. The fraction of sp³-hybridized carbons (Fsp3) is 0.448. The molecule has 0 aliphatic carbocycles. The van der Waals surface area contributed by atoms with Gasteiger partial charge in [0.1, 0.15) is 34.8 Å². The molecule has 3 aromatic heterocycles. The minimum absolute atomic E-state index is 0.0610. The number of likely N-dealkylation sites (tertiary alicyclic amines) is 1. The van der Waals surface area contributed by atoms with Gasteiger partial charge in [-0.2, -0.15) is 0 Å². The number of benzene rings is 1. The molecule has 2 saturated heterocycles. The average Bonchev–Trinajstić information content (AvgIpc) is 3.72. The molecule has 42 heavy (non-hydrogen) atoms. The third-order valence-corrected chi connectivity index (χ3v) is 9.30. The Morgan fingerprint density at radius 2 is 1.98 bits per heavy atom. The first-order chi connectivity index (χ1) is 20.3. The normalized spacial score (nSPS) is 18.7. The molecule has 2 fully saturated rings. The number of amides is 1. The van der Waals surface area contributed by atoms with Gasteiger partial charge in [-0.25, -0.2) is 18.7 Å². The molecule has 1 unspecified atom stereocenters. The Morgan fingerprint density at radius 3 is 2.64 bits per heavy atom. The summed E-state index contributed by atoms with van der Waals surface area (Å²) in [5.41, 5.74) is -0.164.